The molecule has 2 atom stereocenters. The minimum absolute atomic E-state index is 0.0643. The monoisotopic (exact) mass is 238 g/mol. The van der Waals surface area contributed by atoms with Crippen molar-refractivity contribution < 1.29 is 14.7 Å². The number of nitrogens with one attached hydrogen (secondary N) is 1. The van der Waals surface area contributed by atoms with Crippen molar-refractivity contribution in [2.45, 2.75) is 19.9 Å². The molecule has 17 heavy (non-hydrogen) atoms. The third-order valence-electron chi connectivity index (χ3n) is 2.43. The van der Waals surface area contributed by atoms with Gasteiger partial charge in [-0.15, -0.1) is 10.2 Å². The Bertz CT molecular complexity index is 418. The topological polar surface area (TPSA) is 118 Å². The lowest BCUT2D eigenvalue weighted by Crippen LogP contribution is -2.30. The van der Waals surface area contributed by atoms with E-state index in [1.165, 1.54) is 12.1 Å². The molecule has 1 amide bonds. The van der Waals surface area contributed by atoms with Crippen LogP contribution >= 0.6 is 0 Å². The molecule has 92 valence electrons. The molecule has 4 N–H and O–H groups in total. The minimum Gasteiger partial charge on any atom is -0.481 e. The molecule has 1 rings (SSSR count). The summed E-state index contributed by atoms with van der Waals surface area (Å²) in [4.78, 5) is 21.5. The maximum Gasteiger partial charge on any atom is 0.308 e. The van der Waals surface area contributed by atoms with Gasteiger partial charge in [0.25, 0.3) is 5.91 Å². The van der Waals surface area contributed by atoms with E-state index in [1.54, 1.807) is 13.8 Å². The highest BCUT2D eigenvalue weighted by Crippen LogP contribution is 2.10. The van der Waals surface area contributed by atoms with E-state index in [4.69, 9.17) is 10.8 Å². The number of aliphatic carboxylic acids is 1. The molecule has 0 spiro atoms. The van der Waals surface area contributed by atoms with E-state index in [-0.39, 0.29) is 11.7 Å². The lowest BCUT2D eigenvalue weighted by molar-refractivity contribution is -0.141. The molecule has 0 aliphatic rings. The van der Waals surface area contributed by atoms with E-state index in [0.29, 0.717) is 5.82 Å². The predicted molar refractivity (Wildman–Crippen MR) is 60.4 cm³/mol. The highest BCUT2D eigenvalue weighted by Gasteiger charge is 2.19. The zero-order valence-electron chi connectivity index (χ0n) is 9.54. The molecule has 0 aromatic carbocycles. The van der Waals surface area contributed by atoms with Gasteiger partial charge in [0, 0.05) is 6.04 Å². The van der Waals surface area contributed by atoms with Gasteiger partial charge in [0.05, 0.1) is 5.92 Å². The van der Waals surface area contributed by atoms with Crippen LogP contribution in [0.3, 0.4) is 0 Å². The number of hydrogen-bond acceptors (Lipinski definition) is 5. The first-order valence-electron chi connectivity index (χ1n) is 5.04. The summed E-state index contributed by atoms with van der Waals surface area (Å²) in [6.07, 6.45) is 0. The van der Waals surface area contributed by atoms with Crippen molar-refractivity contribution >= 4 is 17.7 Å². The SMILES string of the molecule is CC(Nc1ccc(C(N)=O)nn1)C(C)C(=O)O. The van der Waals surface area contributed by atoms with Crippen molar-refractivity contribution in [1.29, 1.82) is 0 Å². The van der Waals surface area contributed by atoms with Gasteiger partial charge in [-0.05, 0) is 26.0 Å². The van der Waals surface area contributed by atoms with Crippen LogP contribution in [0.15, 0.2) is 12.1 Å². The fraction of sp³-hybridized carbons (Fsp3) is 0.400. The van der Waals surface area contributed by atoms with Gasteiger partial charge in [0.1, 0.15) is 5.82 Å². The van der Waals surface area contributed by atoms with Gasteiger partial charge in [-0.2, -0.15) is 0 Å². The lowest BCUT2D eigenvalue weighted by atomic mass is 10.0. The summed E-state index contributed by atoms with van der Waals surface area (Å²) < 4.78 is 0. The van der Waals surface area contributed by atoms with Gasteiger partial charge in [0.15, 0.2) is 5.69 Å². The normalized spacial score (nSPS) is 13.8. The summed E-state index contributed by atoms with van der Waals surface area (Å²) >= 11 is 0. The standard InChI is InChI=1S/C10H14N4O3/c1-5(10(16)17)6(2)12-8-4-3-7(9(11)15)13-14-8/h3-6H,1-2H3,(H2,11,15)(H,12,14)(H,16,17). The molecule has 1 aromatic rings. The average molecular weight is 238 g/mol. The van der Waals surface area contributed by atoms with Gasteiger partial charge in [0.2, 0.25) is 0 Å². The second-order valence-corrected chi connectivity index (χ2v) is 3.73. The van der Waals surface area contributed by atoms with Gasteiger partial charge >= 0.3 is 5.97 Å². The van der Waals surface area contributed by atoms with Crippen molar-refractivity contribution in [3.05, 3.63) is 17.8 Å². The molecule has 7 heteroatoms. The largest absolute Gasteiger partial charge is 0.481 e. The molecule has 2 unspecified atom stereocenters. The van der Waals surface area contributed by atoms with Crippen molar-refractivity contribution in [3.8, 4) is 0 Å². The average Bonchev–Trinajstić information content (AvgIpc) is 2.28. The number of nitrogens with two attached hydrogens (primary N) is 1. The fourth-order valence-electron chi connectivity index (χ4n) is 1.11. The van der Waals surface area contributed by atoms with E-state index >= 15 is 0 Å². The first kappa shape index (κ1) is 12.9. The van der Waals surface area contributed by atoms with E-state index in [1.807, 2.05) is 0 Å². The maximum absolute atomic E-state index is 10.8. The van der Waals surface area contributed by atoms with Crippen LogP contribution in [-0.2, 0) is 4.79 Å². The molecule has 7 nitrogen and oxygen atoms in total. The number of primary amides is 1. The molecule has 1 aromatic heterocycles. The van der Waals surface area contributed by atoms with Gasteiger partial charge in [-0.25, -0.2) is 0 Å². The highest BCUT2D eigenvalue weighted by molar-refractivity contribution is 5.90. The molecule has 0 fully saturated rings. The van der Waals surface area contributed by atoms with Gasteiger partial charge in [-0.1, -0.05) is 0 Å². The van der Waals surface area contributed by atoms with E-state index in [9.17, 15) is 9.59 Å². The first-order chi connectivity index (χ1) is 7.91. The van der Waals surface area contributed by atoms with E-state index in [2.05, 4.69) is 15.5 Å². The Morgan fingerprint density at radius 1 is 1.35 bits per heavy atom. The van der Waals surface area contributed by atoms with E-state index in [0.717, 1.165) is 0 Å². The van der Waals surface area contributed by atoms with Crippen LogP contribution in [0.1, 0.15) is 24.3 Å². The van der Waals surface area contributed by atoms with Crippen LogP contribution in [0.2, 0.25) is 0 Å². The second kappa shape index (κ2) is 5.24. The quantitative estimate of drug-likeness (QED) is 0.669. The van der Waals surface area contributed by atoms with Crippen molar-refractivity contribution in [2.24, 2.45) is 11.7 Å². The molecular formula is C10H14N4O3. The number of hydrogen-bond donors (Lipinski definition) is 3. The molecule has 0 radical (unpaired) electrons. The fourth-order valence-corrected chi connectivity index (χ4v) is 1.11. The number of carbonyl (C=O) groups excluding carboxylic acids is 1. The number of amides is 1. The third-order valence-corrected chi connectivity index (χ3v) is 2.43. The summed E-state index contributed by atoms with van der Waals surface area (Å²) in [6, 6.07) is 2.65. The Labute approximate surface area is 98.0 Å². The molecule has 1 heterocycles. The summed E-state index contributed by atoms with van der Waals surface area (Å²) in [5.41, 5.74) is 5.08. The van der Waals surface area contributed by atoms with Crippen LogP contribution in [0.5, 0.6) is 0 Å². The van der Waals surface area contributed by atoms with Crippen LogP contribution in [-0.4, -0.2) is 33.2 Å². The Hall–Kier alpha value is -2.18. The molecule has 0 saturated carbocycles. The number of rotatable bonds is 5. The number of carbonyl (C=O) groups is 2. The summed E-state index contributed by atoms with van der Waals surface area (Å²) in [7, 11) is 0. The summed E-state index contributed by atoms with van der Waals surface area (Å²) in [5.74, 6) is -1.72. The van der Waals surface area contributed by atoms with Crippen molar-refractivity contribution in [1.82, 2.24) is 10.2 Å². The number of carboxylic acid groups (broad SMARTS) is 1. The van der Waals surface area contributed by atoms with Crippen LogP contribution in [0.4, 0.5) is 5.82 Å². The van der Waals surface area contributed by atoms with E-state index < -0.39 is 17.8 Å². The summed E-state index contributed by atoms with van der Waals surface area (Å²) in [5, 5.41) is 19.0. The van der Waals surface area contributed by atoms with Gasteiger partial charge in [-0.3, -0.25) is 9.59 Å². The smallest absolute Gasteiger partial charge is 0.308 e. The Morgan fingerprint density at radius 2 is 2.00 bits per heavy atom. The Morgan fingerprint density at radius 3 is 2.41 bits per heavy atom. The van der Waals surface area contributed by atoms with Gasteiger partial charge < -0.3 is 16.2 Å². The van der Waals surface area contributed by atoms with Crippen molar-refractivity contribution in [2.75, 3.05) is 5.32 Å². The lowest BCUT2D eigenvalue weighted by Gasteiger charge is -2.17. The first-order valence-corrected chi connectivity index (χ1v) is 5.04. The number of anilines is 1. The van der Waals surface area contributed by atoms with Crippen LogP contribution in [0, 0.1) is 5.92 Å². The third kappa shape index (κ3) is 3.40. The Balaban J connectivity index is 2.69. The van der Waals surface area contributed by atoms with Crippen LogP contribution < -0.4 is 11.1 Å². The zero-order valence-corrected chi connectivity index (χ0v) is 9.54. The molecule has 0 saturated heterocycles. The Kier molecular flexibility index (Phi) is 3.97. The molecule has 0 aliphatic heterocycles. The number of carboxylic acids is 1. The highest BCUT2D eigenvalue weighted by atomic mass is 16.4. The molecule has 0 bridgehead atoms. The second-order valence-electron chi connectivity index (χ2n) is 3.73. The zero-order chi connectivity index (χ0) is 13.0. The minimum atomic E-state index is -0.897. The molecular weight excluding hydrogens is 224 g/mol. The predicted octanol–water partition coefficient (Wildman–Crippen LogP) is 0.0966. The number of aromatic nitrogens is 2. The van der Waals surface area contributed by atoms with Crippen molar-refractivity contribution in [3.63, 3.8) is 0 Å². The molecule has 0 aliphatic carbocycles. The maximum atomic E-state index is 10.8. The van der Waals surface area contributed by atoms with Crippen LogP contribution in [0.25, 0.3) is 0 Å². The number of nitrogens with zero attached hydrogens (tertiary/aromatic N) is 2. The summed E-state index contributed by atoms with van der Waals surface area (Å²) in [6.45, 7) is 3.31.